The first kappa shape index (κ1) is 17.4. The number of halogens is 1. The third-order valence-electron chi connectivity index (χ3n) is 3.05. The first-order valence-electron chi connectivity index (χ1n) is 7.08. The molecule has 0 atom stereocenters. The SMILES string of the molecule is CC(=O)N(c1cccc(Cl)c1)c1nc(CSc2nc(C)cs2)cs1. The molecule has 2 aromatic heterocycles. The number of amides is 1. The number of thiazole rings is 2. The van der Waals surface area contributed by atoms with Crippen LogP contribution in [0.1, 0.15) is 18.3 Å². The van der Waals surface area contributed by atoms with E-state index in [1.165, 1.54) is 18.3 Å². The van der Waals surface area contributed by atoms with Gasteiger partial charge in [-0.1, -0.05) is 29.4 Å². The summed E-state index contributed by atoms with van der Waals surface area (Å²) in [6, 6.07) is 7.21. The minimum Gasteiger partial charge on any atom is -0.274 e. The van der Waals surface area contributed by atoms with E-state index in [4.69, 9.17) is 11.6 Å². The van der Waals surface area contributed by atoms with Crippen LogP contribution in [0.5, 0.6) is 0 Å². The number of hydrogen-bond donors (Lipinski definition) is 0. The number of benzene rings is 1. The normalized spacial score (nSPS) is 10.8. The van der Waals surface area contributed by atoms with Crippen LogP contribution < -0.4 is 4.90 Å². The quantitative estimate of drug-likeness (QED) is 0.532. The van der Waals surface area contributed by atoms with Crippen LogP contribution in [0, 0.1) is 6.92 Å². The van der Waals surface area contributed by atoms with Crippen LogP contribution in [0.15, 0.2) is 39.4 Å². The number of anilines is 2. The fourth-order valence-electron chi connectivity index (χ4n) is 2.04. The van der Waals surface area contributed by atoms with Gasteiger partial charge < -0.3 is 0 Å². The summed E-state index contributed by atoms with van der Waals surface area (Å²) in [6.07, 6.45) is 0. The molecule has 0 saturated carbocycles. The molecule has 0 aliphatic carbocycles. The molecule has 0 spiro atoms. The third kappa shape index (κ3) is 4.16. The molecule has 0 bridgehead atoms. The van der Waals surface area contributed by atoms with Gasteiger partial charge in [-0.05, 0) is 25.1 Å². The van der Waals surface area contributed by atoms with Gasteiger partial charge in [0, 0.05) is 34.2 Å². The molecule has 0 radical (unpaired) electrons. The molecule has 0 N–H and O–H groups in total. The van der Waals surface area contributed by atoms with Gasteiger partial charge in [0.25, 0.3) is 0 Å². The van der Waals surface area contributed by atoms with Gasteiger partial charge >= 0.3 is 0 Å². The van der Waals surface area contributed by atoms with Crippen molar-refractivity contribution in [1.82, 2.24) is 9.97 Å². The number of thioether (sulfide) groups is 1. The molecule has 1 aromatic carbocycles. The second kappa shape index (κ2) is 7.65. The first-order chi connectivity index (χ1) is 11.5. The van der Waals surface area contributed by atoms with Gasteiger partial charge in [-0.15, -0.1) is 22.7 Å². The number of aromatic nitrogens is 2. The molecule has 3 rings (SSSR count). The molecular weight excluding hydrogens is 382 g/mol. The van der Waals surface area contributed by atoms with Gasteiger partial charge in [0.05, 0.1) is 11.4 Å². The van der Waals surface area contributed by atoms with E-state index >= 15 is 0 Å². The lowest BCUT2D eigenvalue weighted by Gasteiger charge is -2.18. The van der Waals surface area contributed by atoms with Crippen LogP contribution in [0.25, 0.3) is 0 Å². The summed E-state index contributed by atoms with van der Waals surface area (Å²) in [5, 5.41) is 5.25. The van der Waals surface area contributed by atoms with Crippen molar-refractivity contribution in [2.24, 2.45) is 0 Å². The van der Waals surface area contributed by atoms with Crippen molar-refractivity contribution in [3.63, 3.8) is 0 Å². The summed E-state index contributed by atoms with van der Waals surface area (Å²) in [5.41, 5.74) is 2.69. The highest BCUT2D eigenvalue weighted by Crippen LogP contribution is 2.32. The predicted molar refractivity (Wildman–Crippen MR) is 103 cm³/mol. The van der Waals surface area contributed by atoms with Gasteiger partial charge in [0.1, 0.15) is 4.34 Å². The molecule has 124 valence electrons. The van der Waals surface area contributed by atoms with Gasteiger partial charge in [-0.2, -0.15) is 0 Å². The van der Waals surface area contributed by atoms with Crippen molar-refractivity contribution in [2.75, 3.05) is 4.90 Å². The van der Waals surface area contributed by atoms with Crippen molar-refractivity contribution in [3.8, 4) is 0 Å². The summed E-state index contributed by atoms with van der Waals surface area (Å²) in [5.74, 6) is 0.631. The Bertz CT molecular complexity index is 862. The first-order valence-corrected chi connectivity index (χ1v) is 10.2. The Hall–Kier alpha value is -1.41. The van der Waals surface area contributed by atoms with Crippen LogP contribution in [-0.2, 0) is 10.5 Å². The fourth-order valence-corrected chi connectivity index (χ4v) is 4.96. The Balaban J connectivity index is 1.78. The molecule has 4 nitrogen and oxygen atoms in total. The summed E-state index contributed by atoms with van der Waals surface area (Å²) >= 11 is 10.8. The van der Waals surface area contributed by atoms with E-state index in [0.717, 1.165) is 27.2 Å². The maximum absolute atomic E-state index is 12.1. The summed E-state index contributed by atoms with van der Waals surface area (Å²) in [6.45, 7) is 3.51. The van der Waals surface area contributed by atoms with Crippen LogP contribution in [0.3, 0.4) is 0 Å². The minimum absolute atomic E-state index is 0.0960. The molecule has 8 heteroatoms. The zero-order valence-corrected chi connectivity index (χ0v) is 16.2. The van der Waals surface area contributed by atoms with E-state index in [1.54, 1.807) is 40.1 Å². The number of carbonyl (C=O) groups is 1. The summed E-state index contributed by atoms with van der Waals surface area (Å²) < 4.78 is 1.03. The summed E-state index contributed by atoms with van der Waals surface area (Å²) in [7, 11) is 0. The van der Waals surface area contributed by atoms with E-state index in [-0.39, 0.29) is 5.91 Å². The molecule has 0 fully saturated rings. The molecule has 1 amide bonds. The number of rotatable bonds is 5. The third-order valence-corrected chi connectivity index (χ3v) is 6.34. The van der Waals surface area contributed by atoms with E-state index in [2.05, 4.69) is 9.97 Å². The molecule has 0 saturated heterocycles. The smallest absolute Gasteiger partial charge is 0.230 e. The Kier molecular flexibility index (Phi) is 5.55. The van der Waals surface area contributed by atoms with Gasteiger partial charge in [-0.25, -0.2) is 9.97 Å². The lowest BCUT2D eigenvalue weighted by molar-refractivity contribution is -0.115. The molecule has 3 aromatic rings. The average molecular weight is 396 g/mol. The maximum atomic E-state index is 12.1. The molecule has 0 aliphatic rings. The van der Waals surface area contributed by atoms with Crippen LogP contribution in [0.4, 0.5) is 10.8 Å². The molecule has 24 heavy (non-hydrogen) atoms. The highest BCUT2D eigenvalue weighted by atomic mass is 35.5. The minimum atomic E-state index is -0.0960. The second-order valence-corrected chi connectivity index (χ2v) is 8.35. The van der Waals surface area contributed by atoms with Crippen molar-refractivity contribution in [1.29, 1.82) is 0 Å². The highest BCUT2D eigenvalue weighted by Gasteiger charge is 2.18. The molecule has 0 aliphatic heterocycles. The van der Waals surface area contributed by atoms with Gasteiger partial charge in [-0.3, -0.25) is 9.69 Å². The van der Waals surface area contributed by atoms with Crippen molar-refractivity contribution >= 4 is 62.8 Å². The van der Waals surface area contributed by atoms with E-state index in [0.29, 0.717) is 10.2 Å². The Morgan fingerprint density at radius 2 is 2.12 bits per heavy atom. The fraction of sp³-hybridized carbons (Fsp3) is 0.188. The lowest BCUT2D eigenvalue weighted by Crippen LogP contribution is -2.22. The van der Waals surface area contributed by atoms with E-state index in [9.17, 15) is 4.79 Å². The van der Waals surface area contributed by atoms with E-state index in [1.807, 2.05) is 29.8 Å². The van der Waals surface area contributed by atoms with Crippen LogP contribution in [0.2, 0.25) is 5.02 Å². The monoisotopic (exact) mass is 395 g/mol. The summed E-state index contributed by atoms with van der Waals surface area (Å²) in [4.78, 5) is 22.7. The zero-order chi connectivity index (χ0) is 17.1. The number of carbonyl (C=O) groups excluding carboxylic acids is 1. The zero-order valence-electron chi connectivity index (χ0n) is 13.0. The van der Waals surface area contributed by atoms with Crippen LogP contribution in [-0.4, -0.2) is 15.9 Å². The van der Waals surface area contributed by atoms with Gasteiger partial charge in [0.15, 0.2) is 5.13 Å². The average Bonchev–Trinajstić information content (AvgIpc) is 3.14. The lowest BCUT2D eigenvalue weighted by atomic mass is 10.3. The molecular formula is C16H14ClN3OS3. The Labute approximate surface area is 157 Å². The van der Waals surface area contributed by atoms with Crippen molar-refractivity contribution in [3.05, 3.63) is 51.4 Å². The maximum Gasteiger partial charge on any atom is 0.230 e. The van der Waals surface area contributed by atoms with E-state index < -0.39 is 0 Å². The standard InChI is InChI=1S/C16H14ClN3OS3/c1-10-7-23-16(18-10)24-9-13-8-22-15(19-13)20(11(2)21)14-5-3-4-12(17)6-14/h3-8H,9H2,1-2H3. The van der Waals surface area contributed by atoms with Gasteiger partial charge in [0.2, 0.25) is 5.91 Å². The molecule has 0 unspecified atom stereocenters. The largest absolute Gasteiger partial charge is 0.274 e. The Morgan fingerprint density at radius 1 is 1.29 bits per heavy atom. The van der Waals surface area contributed by atoms with Crippen molar-refractivity contribution < 1.29 is 4.79 Å². The van der Waals surface area contributed by atoms with Crippen LogP contribution >= 0.6 is 46.0 Å². The number of aryl methyl sites for hydroxylation is 1. The Morgan fingerprint density at radius 3 is 2.79 bits per heavy atom. The predicted octanol–water partition coefficient (Wildman–Crippen LogP) is 5.54. The number of nitrogens with zero attached hydrogens (tertiary/aromatic N) is 3. The second-order valence-electron chi connectivity index (χ2n) is 5.00. The number of hydrogen-bond acceptors (Lipinski definition) is 6. The molecule has 2 heterocycles. The van der Waals surface area contributed by atoms with Crippen molar-refractivity contribution in [2.45, 2.75) is 23.9 Å². The topological polar surface area (TPSA) is 46.1 Å². The highest BCUT2D eigenvalue weighted by molar-refractivity contribution is 8.00.